The molecule has 0 aliphatic heterocycles. The average Bonchev–Trinajstić information content (AvgIpc) is 2.61. The zero-order valence-corrected chi connectivity index (χ0v) is 10.8. The molecule has 0 amide bonds. The van der Waals surface area contributed by atoms with Gasteiger partial charge in [-0.2, -0.15) is 0 Å². The number of phenols is 1. The topological polar surface area (TPSA) is 20.2 Å². The molecule has 0 unspecified atom stereocenters. The highest BCUT2D eigenvalue weighted by Crippen LogP contribution is 2.37. The second kappa shape index (κ2) is 4.13. The lowest BCUT2D eigenvalue weighted by atomic mass is 10.2. The molecule has 14 heavy (non-hydrogen) atoms. The summed E-state index contributed by atoms with van der Waals surface area (Å²) in [5.74, 6) is 0.391. The number of hydrogen-bond acceptors (Lipinski definition) is 3. The number of benzene rings is 1. The number of hydrogen-bond donors (Lipinski definition) is 1. The summed E-state index contributed by atoms with van der Waals surface area (Å²) in [4.78, 5) is 1.11. The summed E-state index contributed by atoms with van der Waals surface area (Å²) < 4.78 is 1.16. The van der Waals surface area contributed by atoms with E-state index in [2.05, 4.69) is 27.4 Å². The summed E-state index contributed by atoms with van der Waals surface area (Å²) in [6, 6.07) is 3.95. The summed E-state index contributed by atoms with van der Waals surface area (Å²) >= 11 is 6.75. The first-order valence-electron chi connectivity index (χ1n) is 4.09. The van der Waals surface area contributed by atoms with Gasteiger partial charge in [-0.05, 0) is 29.3 Å². The van der Waals surface area contributed by atoms with E-state index < -0.39 is 0 Å². The van der Waals surface area contributed by atoms with Crippen molar-refractivity contribution >= 4 is 49.1 Å². The number of halogens is 1. The Morgan fingerprint density at radius 3 is 2.93 bits per heavy atom. The highest BCUT2D eigenvalue weighted by Gasteiger charge is 2.08. The Labute approximate surface area is 99.3 Å². The van der Waals surface area contributed by atoms with Crippen LogP contribution in [0.3, 0.4) is 0 Å². The number of phenolic OH excluding ortho intramolecular Hbond substituents is 1. The fraction of sp³-hybridized carbons (Fsp3) is 0.200. The standard InChI is InChI=1S/C10H9BrOS2/c1-13-7-2-8(12)10-6(4-11)5-14-9(10)3-7/h2-3,5,12H,4H2,1H3. The van der Waals surface area contributed by atoms with Gasteiger partial charge in [0.25, 0.3) is 0 Å². The van der Waals surface area contributed by atoms with Crippen molar-refractivity contribution in [2.45, 2.75) is 10.2 Å². The second-order valence-electron chi connectivity index (χ2n) is 2.91. The van der Waals surface area contributed by atoms with Gasteiger partial charge in [-0.25, -0.2) is 0 Å². The lowest BCUT2D eigenvalue weighted by Gasteiger charge is -2.01. The van der Waals surface area contributed by atoms with Crippen LogP contribution in [0, 0.1) is 0 Å². The maximum atomic E-state index is 9.86. The van der Waals surface area contributed by atoms with Crippen LogP contribution >= 0.6 is 39.0 Å². The van der Waals surface area contributed by atoms with Gasteiger partial charge in [-0.15, -0.1) is 23.1 Å². The Hall–Kier alpha value is -0.190. The van der Waals surface area contributed by atoms with Gasteiger partial charge in [0.05, 0.1) is 0 Å². The molecular weight excluding hydrogens is 280 g/mol. The quantitative estimate of drug-likeness (QED) is 0.659. The molecule has 0 radical (unpaired) electrons. The third-order valence-corrected chi connectivity index (χ3v) is 4.37. The van der Waals surface area contributed by atoms with Crippen LogP contribution in [0.2, 0.25) is 0 Å². The molecule has 0 saturated carbocycles. The molecule has 2 aromatic rings. The fourth-order valence-corrected chi connectivity index (χ4v) is 3.62. The summed E-state index contributed by atoms with van der Waals surface area (Å²) in [5.41, 5.74) is 1.16. The first-order chi connectivity index (χ1) is 6.76. The molecule has 1 heterocycles. The highest BCUT2D eigenvalue weighted by molar-refractivity contribution is 9.08. The zero-order valence-electron chi connectivity index (χ0n) is 7.58. The van der Waals surface area contributed by atoms with Crippen LogP contribution in [0.4, 0.5) is 0 Å². The van der Waals surface area contributed by atoms with Crippen LogP contribution in [0.1, 0.15) is 5.56 Å². The van der Waals surface area contributed by atoms with E-state index in [1.54, 1.807) is 23.1 Å². The van der Waals surface area contributed by atoms with Crippen LogP contribution in [0.15, 0.2) is 22.4 Å². The molecule has 0 aliphatic carbocycles. The molecule has 1 nitrogen and oxygen atoms in total. The highest BCUT2D eigenvalue weighted by atomic mass is 79.9. The molecule has 0 atom stereocenters. The van der Waals surface area contributed by atoms with Crippen LogP contribution in [0.25, 0.3) is 10.1 Å². The van der Waals surface area contributed by atoms with Crippen molar-refractivity contribution in [3.05, 3.63) is 23.1 Å². The van der Waals surface area contributed by atoms with E-state index >= 15 is 0 Å². The Morgan fingerprint density at radius 1 is 1.50 bits per heavy atom. The molecule has 1 aromatic heterocycles. The van der Waals surface area contributed by atoms with Crippen molar-refractivity contribution in [2.24, 2.45) is 0 Å². The van der Waals surface area contributed by atoms with Crippen LogP contribution in [-0.4, -0.2) is 11.4 Å². The van der Waals surface area contributed by atoms with Crippen molar-refractivity contribution in [3.63, 3.8) is 0 Å². The summed E-state index contributed by atoms with van der Waals surface area (Å²) in [6.45, 7) is 0. The lowest BCUT2D eigenvalue weighted by Crippen LogP contribution is -1.76. The third kappa shape index (κ3) is 1.66. The number of aromatic hydroxyl groups is 1. The first-order valence-corrected chi connectivity index (χ1v) is 7.32. The SMILES string of the molecule is CSc1cc(O)c2c(CBr)csc2c1. The van der Waals surface area contributed by atoms with E-state index in [9.17, 15) is 5.11 Å². The van der Waals surface area contributed by atoms with Crippen molar-refractivity contribution in [1.29, 1.82) is 0 Å². The van der Waals surface area contributed by atoms with Gasteiger partial charge in [0.15, 0.2) is 0 Å². The van der Waals surface area contributed by atoms with Gasteiger partial charge < -0.3 is 5.11 Å². The molecule has 0 fully saturated rings. The predicted molar refractivity (Wildman–Crippen MR) is 67.9 cm³/mol. The van der Waals surface area contributed by atoms with E-state index in [0.29, 0.717) is 5.75 Å². The molecule has 1 N–H and O–H groups in total. The minimum atomic E-state index is 0.391. The summed E-state index contributed by atoms with van der Waals surface area (Å²) in [7, 11) is 0. The monoisotopic (exact) mass is 288 g/mol. The number of thioether (sulfide) groups is 1. The van der Waals surface area contributed by atoms with E-state index in [4.69, 9.17) is 0 Å². The molecule has 2 rings (SSSR count). The fourth-order valence-electron chi connectivity index (χ4n) is 1.40. The minimum Gasteiger partial charge on any atom is -0.507 e. The van der Waals surface area contributed by atoms with E-state index in [0.717, 1.165) is 25.9 Å². The molecule has 0 bridgehead atoms. The van der Waals surface area contributed by atoms with Gasteiger partial charge in [-0.1, -0.05) is 15.9 Å². The van der Waals surface area contributed by atoms with Gasteiger partial charge >= 0.3 is 0 Å². The number of rotatable bonds is 2. The van der Waals surface area contributed by atoms with Crippen molar-refractivity contribution in [1.82, 2.24) is 0 Å². The smallest absolute Gasteiger partial charge is 0.125 e. The summed E-state index contributed by atoms with van der Waals surface area (Å²) in [6.07, 6.45) is 2.01. The van der Waals surface area contributed by atoms with E-state index in [1.807, 2.05) is 12.3 Å². The first kappa shape index (κ1) is 10.3. The molecule has 74 valence electrons. The number of alkyl halides is 1. The van der Waals surface area contributed by atoms with Crippen molar-refractivity contribution in [2.75, 3.05) is 6.26 Å². The second-order valence-corrected chi connectivity index (χ2v) is 5.27. The van der Waals surface area contributed by atoms with Crippen molar-refractivity contribution in [3.8, 4) is 5.75 Å². The maximum Gasteiger partial charge on any atom is 0.125 e. The Kier molecular flexibility index (Phi) is 3.04. The molecule has 0 saturated heterocycles. The maximum absolute atomic E-state index is 9.86. The number of fused-ring (bicyclic) bond motifs is 1. The third-order valence-electron chi connectivity index (χ3n) is 2.08. The van der Waals surface area contributed by atoms with E-state index in [1.165, 1.54) is 0 Å². The molecule has 1 aromatic carbocycles. The van der Waals surface area contributed by atoms with Gasteiger partial charge in [0.1, 0.15) is 5.75 Å². The normalized spacial score (nSPS) is 11.0. The van der Waals surface area contributed by atoms with Crippen LogP contribution < -0.4 is 0 Å². The Balaban J connectivity index is 2.72. The van der Waals surface area contributed by atoms with Crippen LogP contribution in [-0.2, 0) is 5.33 Å². The number of thiophene rings is 1. The Bertz CT molecular complexity index is 464. The minimum absolute atomic E-state index is 0.391. The lowest BCUT2D eigenvalue weighted by molar-refractivity contribution is 0.480. The molecule has 0 aliphatic rings. The van der Waals surface area contributed by atoms with Crippen LogP contribution in [0.5, 0.6) is 5.75 Å². The molecule has 4 heteroatoms. The average molecular weight is 289 g/mol. The van der Waals surface area contributed by atoms with Gasteiger partial charge in [-0.3, -0.25) is 0 Å². The van der Waals surface area contributed by atoms with Crippen molar-refractivity contribution < 1.29 is 5.11 Å². The largest absolute Gasteiger partial charge is 0.507 e. The van der Waals surface area contributed by atoms with Gasteiger partial charge in [0.2, 0.25) is 0 Å². The predicted octanol–water partition coefficient (Wildman–Crippen LogP) is 4.22. The van der Waals surface area contributed by atoms with E-state index in [-0.39, 0.29) is 0 Å². The summed E-state index contributed by atoms with van der Waals surface area (Å²) in [5, 5.41) is 13.7. The Morgan fingerprint density at radius 2 is 2.29 bits per heavy atom. The van der Waals surface area contributed by atoms with Gasteiger partial charge in [0, 0.05) is 20.3 Å². The molecular formula is C10H9BrOS2. The zero-order chi connectivity index (χ0) is 10.1. The molecule has 0 spiro atoms.